The summed E-state index contributed by atoms with van der Waals surface area (Å²) in [5.41, 5.74) is 0. The molecule has 0 unspecified atom stereocenters. The molecule has 0 aliphatic rings. The Morgan fingerprint density at radius 2 is 1.29 bits per heavy atom. The monoisotopic (exact) mass is 252 g/mol. The van der Waals surface area contributed by atoms with Gasteiger partial charge in [-0.1, -0.05) is 39.5 Å². The molecule has 0 rings (SSSR count). The van der Waals surface area contributed by atoms with E-state index in [0.29, 0.717) is 6.61 Å². The molecule has 0 amide bonds. The predicted molar refractivity (Wildman–Crippen MR) is 73.0 cm³/mol. The van der Waals surface area contributed by atoms with Crippen LogP contribution in [-0.2, 0) is 9.53 Å². The van der Waals surface area contributed by atoms with Gasteiger partial charge in [-0.15, -0.1) is 0 Å². The summed E-state index contributed by atoms with van der Waals surface area (Å²) in [7, 11) is 1.00. The highest BCUT2D eigenvalue weighted by atomic mass is 16.5. The van der Waals surface area contributed by atoms with E-state index in [1.807, 2.05) is 0 Å². The van der Waals surface area contributed by atoms with E-state index in [2.05, 4.69) is 18.6 Å². The van der Waals surface area contributed by atoms with Crippen LogP contribution in [0.1, 0.15) is 60.3 Å². The zero-order valence-electron chi connectivity index (χ0n) is 12.5. The summed E-state index contributed by atoms with van der Waals surface area (Å²) in [6.45, 7) is 10.0. The van der Waals surface area contributed by atoms with Gasteiger partial charge >= 0.3 is 5.97 Å². The van der Waals surface area contributed by atoms with Crippen molar-refractivity contribution in [1.29, 1.82) is 0 Å². The number of aliphatic hydroxyl groups excluding tert-OH is 2. The molecule has 0 bridgehead atoms. The summed E-state index contributed by atoms with van der Waals surface area (Å²) < 4.78 is 4.40. The molecule has 17 heavy (non-hydrogen) atoms. The second kappa shape index (κ2) is 36.1. The van der Waals surface area contributed by atoms with Crippen LogP contribution >= 0.6 is 0 Å². The van der Waals surface area contributed by atoms with Gasteiger partial charge in [0.05, 0.1) is 6.61 Å². The third kappa shape index (κ3) is 95.0. The van der Waals surface area contributed by atoms with Crippen molar-refractivity contribution in [2.45, 2.75) is 60.3 Å². The Hall–Kier alpha value is -0.610. The van der Waals surface area contributed by atoms with Crippen molar-refractivity contribution in [3.05, 3.63) is 0 Å². The van der Waals surface area contributed by atoms with Gasteiger partial charge < -0.3 is 14.9 Å². The molecule has 2 N–H and O–H groups in total. The number of ether oxygens (including phenoxy) is 1. The van der Waals surface area contributed by atoms with E-state index < -0.39 is 0 Å². The summed E-state index contributed by atoms with van der Waals surface area (Å²) in [6, 6.07) is 0. The molecular formula is C13H32O4. The SMILES string of the molecule is CCCCCC.CCO.CCOC(C)=O.CO. The van der Waals surface area contributed by atoms with Crippen LogP contribution in [0.2, 0.25) is 0 Å². The molecule has 4 heteroatoms. The van der Waals surface area contributed by atoms with Crippen molar-refractivity contribution >= 4 is 5.97 Å². The fourth-order valence-corrected chi connectivity index (χ4v) is 0.703. The molecule has 0 heterocycles. The van der Waals surface area contributed by atoms with Crippen LogP contribution in [0.5, 0.6) is 0 Å². The lowest BCUT2D eigenvalue weighted by molar-refractivity contribution is -0.140. The minimum atomic E-state index is -0.211. The third-order valence-corrected chi connectivity index (χ3v) is 1.30. The van der Waals surface area contributed by atoms with Crippen LogP contribution in [0.15, 0.2) is 0 Å². The van der Waals surface area contributed by atoms with Gasteiger partial charge in [0.15, 0.2) is 0 Å². The Morgan fingerprint density at radius 1 is 1.00 bits per heavy atom. The molecule has 0 aliphatic heterocycles. The highest BCUT2D eigenvalue weighted by Gasteiger charge is 1.81. The van der Waals surface area contributed by atoms with Crippen LogP contribution in [0.4, 0.5) is 0 Å². The Balaban J connectivity index is -0.0000000727. The van der Waals surface area contributed by atoms with E-state index in [-0.39, 0.29) is 12.6 Å². The van der Waals surface area contributed by atoms with Gasteiger partial charge in [0, 0.05) is 20.6 Å². The molecule has 0 saturated carbocycles. The molecule has 0 aliphatic carbocycles. The zero-order chi connectivity index (χ0) is 14.5. The van der Waals surface area contributed by atoms with Crippen molar-refractivity contribution in [2.75, 3.05) is 20.3 Å². The number of carbonyl (C=O) groups excluding carboxylic acids is 1. The van der Waals surface area contributed by atoms with Gasteiger partial charge in [-0.2, -0.15) is 0 Å². The largest absolute Gasteiger partial charge is 0.466 e. The number of hydrogen-bond donors (Lipinski definition) is 2. The number of rotatable bonds is 4. The second-order valence-electron chi connectivity index (χ2n) is 2.95. The molecule has 0 aromatic carbocycles. The first kappa shape index (κ1) is 25.3. The summed E-state index contributed by atoms with van der Waals surface area (Å²) in [5, 5.41) is 14.6. The highest BCUT2D eigenvalue weighted by molar-refractivity contribution is 5.65. The molecule has 0 aromatic rings. The van der Waals surface area contributed by atoms with Gasteiger partial charge in [0.25, 0.3) is 0 Å². The number of carbonyl (C=O) groups is 1. The predicted octanol–water partition coefficient (Wildman–Crippen LogP) is 2.76. The fourth-order valence-electron chi connectivity index (χ4n) is 0.703. The van der Waals surface area contributed by atoms with Gasteiger partial charge in [0.1, 0.15) is 0 Å². The lowest BCUT2D eigenvalue weighted by atomic mass is 10.2. The molecule has 0 spiro atoms. The Labute approximate surface area is 107 Å². The molecule has 108 valence electrons. The van der Waals surface area contributed by atoms with Crippen molar-refractivity contribution in [1.82, 2.24) is 0 Å². The van der Waals surface area contributed by atoms with Crippen LogP contribution in [0.3, 0.4) is 0 Å². The van der Waals surface area contributed by atoms with Crippen molar-refractivity contribution in [3.8, 4) is 0 Å². The van der Waals surface area contributed by atoms with E-state index in [9.17, 15) is 4.79 Å². The lowest BCUT2D eigenvalue weighted by Crippen LogP contribution is -1.95. The van der Waals surface area contributed by atoms with Crippen LogP contribution in [0, 0.1) is 0 Å². The smallest absolute Gasteiger partial charge is 0.302 e. The number of hydrogen-bond acceptors (Lipinski definition) is 4. The third-order valence-electron chi connectivity index (χ3n) is 1.30. The maximum atomic E-state index is 9.82. The van der Waals surface area contributed by atoms with Crippen molar-refractivity contribution in [2.24, 2.45) is 0 Å². The number of esters is 1. The summed E-state index contributed by atoms with van der Waals surface area (Å²) >= 11 is 0. The van der Waals surface area contributed by atoms with Gasteiger partial charge in [-0.3, -0.25) is 4.79 Å². The first-order valence-electron chi connectivity index (χ1n) is 6.29. The van der Waals surface area contributed by atoms with Crippen LogP contribution in [-0.4, -0.2) is 36.5 Å². The summed E-state index contributed by atoms with van der Waals surface area (Å²) in [5.74, 6) is -0.211. The topological polar surface area (TPSA) is 66.8 Å². The molecule has 0 saturated heterocycles. The Kier molecular flexibility index (Phi) is 53.8. The number of aliphatic hydroxyl groups is 2. The summed E-state index contributed by atoms with van der Waals surface area (Å²) in [6.07, 6.45) is 5.54. The molecule has 0 fully saturated rings. The van der Waals surface area contributed by atoms with E-state index >= 15 is 0 Å². The summed E-state index contributed by atoms with van der Waals surface area (Å²) in [4.78, 5) is 9.82. The second-order valence-corrected chi connectivity index (χ2v) is 2.95. The Bertz CT molecular complexity index is 102. The van der Waals surface area contributed by atoms with E-state index in [1.165, 1.54) is 32.6 Å². The van der Waals surface area contributed by atoms with Crippen molar-refractivity contribution in [3.63, 3.8) is 0 Å². The van der Waals surface area contributed by atoms with E-state index in [1.54, 1.807) is 13.8 Å². The quantitative estimate of drug-likeness (QED) is 0.596. The zero-order valence-corrected chi connectivity index (χ0v) is 12.5. The molecule has 4 nitrogen and oxygen atoms in total. The highest BCUT2D eigenvalue weighted by Crippen LogP contribution is 1.95. The molecular weight excluding hydrogens is 220 g/mol. The van der Waals surface area contributed by atoms with E-state index in [4.69, 9.17) is 10.2 Å². The van der Waals surface area contributed by atoms with Gasteiger partial charge in [-0.05, 0) is 13.8 Å². The Morgan fingerprint density at radius 3 is 1.35 bits per heavy atom. The normalized spacial score (nSPS) is 7.29. The van der Waals surface area contributed by atoms with Crippen LogP contribution in [0.25, 0.3) is 0 Å². The minimum absolute atomic E-state index is 0.211. The molecule has 0 aromatic heterocycles. The minimum Gasteiger partial charge on any atom is -0.466 e. The fraction of sp³-hybridized carbons (Fsp3) is 0.923. The van der Waals surface area contributed by atoms with Gasteiger partial charge in [-0.25, -0.2) is 0 Å². The lowest BCUT2D eigenvalue weighted by Gasteiger charge is -1.89. The first-order valence-corrected chi connectivity index (χ1v) is 6.29. The van der Waals surface area contributed by atoms with E-state index in [0.717, 1.165) is 7.11 Å². The molecule has 0 atom stereocenters. The van der Waals surface area contributed by atoms with Gasteiger partial charge in [0.2, 0.25) is 0 Å². The molecule has 0 radical (unpaired) electrons. The van der Waals surface area contributed by atoms with Crippen LogP contribution < -0.4 is 0 Å². The first-order chi connectivity index (χ1) is 8.10. The average Bonchev–Trinajstić information content (AvgIpc) is 2.31. The maximum absolute atomic E-state index is 9.82. The number of unbranched alkanes of at least 4 members (excludes halogenated alkanes) is 3. The maximum Gasteiger partial charge on any atom is 0.302 e. The average molecular weight is 252 g/mol. The standard InChI is InChI=1S/C6H14.C4H8O2.C2H6O.CH4O/c1-3-5-6-4-2;1-3-6-4(2)5;1-2-3;1-2/h3-6H2,1-2H3;3H2,1-2H3;3H,2H2,1H3;2H,1H3. The van der Waals surface area contributed by atoms with Crippen molar-refractivity contribution < 1.29 is 19.7 Å².